The van der Waals surface area contributed by atoms with Crippen molar-refractivity contribution in [2.45, 2.75) is 49.4 Å². The van der Waals surface area contributed by atoms with Crippen LogP contribution < -0.4 is 42.5 Å². The topological polar surface area (TPSA) is 254 Å². The first-order valence-electron chi connectivity index (χ1n) is 24.8. The molecule has 7 amide bonds. The van der Waals surface area contributed by atoms with E-state index in [0.717, 1.165) is 41.5 Å². The number of fused-ring (bicyclic) bond motifs is 2. The first-order valence-corrected chi connectivity index (χ1v) is 26.2. The number of amides is 7. The molecule has 4 heterocycles. The number of hydrogen-bond acceptors (Lipinski definition) is 13. The molecule has 3 unspecified atom stereocenters. The lowest BCUT2D eigenvalue weighted by Gasteiger charge is -2.16. The number of aromatic amines is 1. The SMILES string of the molecule is CN(C/C=C/C(=O)Nc1ccc(C(=O)Nc2cccc(Nc3ncc(Cl)c(-c4c[nH]c5ccccc45)n3)c2)cc1)CCCNC(=O)NCCOCCOCCOCCNC(=O)CCCCC1SCC2NC(=O)NC21. The van der Waals surface area contributed by atoms with Gasteiger partial charge in [0.05, 0.1) is 68.6 Å². The number of urea groups is 2. The Morgan fingerprint density at radius 1 is 0.824 bits per heavy atom. The fourth-order valence-electron chi connectivity index (χ4n) is 8.23. The monoisotopic (exact) mass is 1050 g/mol. The molecule has 0 radical (unpaired) electrons. The number of halogens is 1. The first-order chi connectivity index (χ1) is 36.1. The molecule has 74 heavy (non-hydrogen) atoms. The average molecular weight is 1050 g/mol. The zero-order valence-electron chi connectivity index (χ0n) is 41.4. The Morgan fingerprint density at radius 2 is 1.57 bits per heavy atom. The summed E-state index contributed by atoms with van der Waals surface area (Å²) in [5.74, 6) is 0.683. The Hall–Kier alpha value is -6.75. The van der Waals surface area contributed by atoms with Gasteiger partial charge in [-0.2, -0.15) is 11.8 Å². The summed E-state index contributed by atoms with van der Waals surface area (Å²) in [6, 6.07) is 21.8. The zero-order chi connectivity index (χ0) is 51.9. The summed E-state index contributed by atoms with van der Waals surface area (Å²) in [4.78, 5) is 75.8. The second kappa shape index (κ2) is 29.2. The van der Waals surface area contributed by atoms with Crippen LogP contribution in [0.5, 0.6) is 0 Å². The number of nitrogens with zero attached hydrogens (tertiary/aromatic N) is 3. The summed E-state index contributed by atoms with van der Waals surface area (Å²) in [6.45, 7) is 4.90. The number of carbonyl (C=O) groups is 5. The van der Waals surface area contributed by atoms with Crippen molar-refractivity contribution in [1.82, 2.24) is 46.4 Å². The van der Waals surface area contributed by atoms with Crippen LogP contribution in [0.2, 0.25) is 5.02 Å². The van der Waals surface area contributed by atoms with Gasteiger partial charge < -0.3 is 66.6 Å². The third kappa shape index (κ3) is 17.7. The van der Waals surface area contributed by atoms with Gasteiger partial charge in [-0.15, -0.1) is 0 Å². The molecule has 20 nitrogen and oxygen atoms in total. The van der Waals surface area contributed by atoms with Crippen LogP contribution in [0.3, 0.4) is 0 Å². The molecule has 0 bridgehead atoms. The number of nitrogens with one attached hydrogen (secondary N) is 9. The molecule has 7 rings (SSSR count). The predicted octanol–water partition coefficient (Wildman–Crippen LogP) is 6.28. The summed E-state index contributed by atoms with van der Waals surface area (Å²) >= 11 is 8.40. The van der Waals surface area contributed by atoms with Crippen LogP contribution in [0.15, 0.2) is 97.3 Å². The number of rotatable bonds is 30. The maximum Gasteiger partial charge on any atom is 0.315 e. The number of aromatic nitrogens is 3. The minimum atomic E-state index is -0.320. The second-order valence-electron chi connectivity index (χ2n) is 17.6. The van der Waals surface area contributed by atoms with Crippen LogP contribution in [0.1, 0.15) is 42.5 Å². The van der Waals surface area contributed by atoms with E-state index in [0.29, 0.717) is 130 Å². The molecule has 0 saturated carbocycles. The van der Waals surface area contributed by atoms with E-state index in [1.54, 1.807) is 54.7 Å². The van der Waals surface area contributed by atoms with Crippen molar-refractivity contribution in [3.8, 4) is 11.3 Å². The quantitative estimate of drug-likeness (QED) is 0.0140. The lowest BCUT2D eigenvalue weighted by atomic mass is 10.0. The van der Waals surface area contributed by atoms with Crippen LogP contribution >= 0.6 is 23.4 Å². The number of carbonyl (C=O) groups excluding carboxylic acids is 5. The van der Waals surface area contributed by atoms with Crippen LogP contribution in [-0.2, 0) is 23.8 Å². The van der Waals surface area contributed by atoms with Crippen molar-refractivity contribution < 1.29 is 38.2 Å². The molecule has 3 atom stereocenters. The molecular weight excluding hydrogens is 988 g/mol. The van der Waals surface area contributed by atoms with Gasteiger partial charge in [-0.3, -0.25) is 14.4 Å². The van der Waals surface area contributed by atoms with E-state index in [-0.39, 0.29) is 41.9 Å². The molecule has 22 heteroatoms. The Balaban J connectivity index is 0.654. The molecule has 9 N–H and O–H groups in total. The fraction of sp³-hybridized carbons (Fsp3) is 0.404. The van der Waals surface area contributed by atoms with Crippen LogP contribution in [0.25, 0.3) is 22.2 Å². The molecule has 0 spiro atoms. The van der Waals surface area contributed by atoms with Gasteiger partial charge in [0.15, 0.2) is 0 Å². The largest absolute Gasteiger partial charge is 0.377 e. The third-order valence-corrected chi connectivity index (χ3v) is 13.8. The minimum Gasteiger partial charge on any atom is -0.377 e. The van der Waals surface area contributed by atoms with E-state index in [1.807, 2.05) is 60.2 Å². The molecule has 3 aromatic carbocycles. The van der Waals surface area contributed by atoms with Crippen LogP contribution in [0.4, 0.5) is 32.6 Å². The van der Waals surface area contributed by atoms with E-state index < -0.39 is 0 Å². The molecule has 2 aromatic heterocycles. The summed E-state index contributed by atoms with van der Waals surface area (Å²) < 4.78 is 16.6. The number of anilines is 4. The van der Waals surface area contributed by atoms with Crippen molar-refractivity contribution in [2.24, 2.45) is 0 Å². The fourth-order valence-corrected chi connectivity index (χ4v) is 9.96. The van der Waals surface area contributed by atoms with Crippen LogP contribution in [0, 0.1) is 0 Å². The molecular formula is C52H65ClN12O8S. The van der Waals surface area contributed by atoms with Crippen molar-refractivity contribution >= 4 is 87.1 Å². The van der Waals surface area contributed by atoms with E-state index in [1.165, 1.54) is 6.08 Å². The molecule has 394 valence electrons. The van der Waals surface area contributed by atoms with Gasteiger partial charge in [-0.25, -0.2) is 19.6 Å². The maximum absolute atomic E-state index is 13.1. The Morgan fingerprint density at radius 3 is 2.38 bits per heavy atom. The first kappa shape index (κ1) is 55.0. The van der Waals surface area contributed by atoms with Gasteiger partial charge in [0, 0.05) is 95.0 Å². The van der Waals surface area contributed by atoms with Gasteiger partial charge in [0.2, 0.25) is 17.8 Å². The Kier molecular flexibility index (Phi) is 21.7. The summed E-state index contributed by atoms with van der Waals surface area (Å²) in [5, 5.41) is 25.2. The van der Waals surface area contributed by atoms with Gasteiger partial charge in [-0.05, 0) is 81.4 Å². The number of H-pyrrole nitrogens is 1. The van der Waals surface area contributed by atoms with E-state index in [4.69, 9.17) is 25.8 Å². The van der Waals surface area contributed by atoms with E-state index in [9.17, 15) is 24.0 Å². The van der Waals surface area contributed by atoms with Crippen LogP contribution in [-0.4, -0.2) is 152 Å². The lowest BCUT2D eigenvalue weighted by molar-refractivity contribution is -0.121. The number of para-hydroxylation sites is 1. The zero-order valence-corrected chi connectivity index (χ0v) is 43.0. The van der Waals surface area contributed by atoms with Gasteiger partial charge in [0.25, 0.3) is 5.91 Å². The Labute approximate surface area is 439 Å². The lowest BCUT2D eigenvalue weighted by Crippen LogP contribution is -2.38. The molecule has 0 aliphatic carbocycles. The predicted molar refractivity (Wildman–Crippen MR) is 289 cm³/mol. The van der Waals surface area contributed by atoms with Gasteiger partial charge >= 0.3 is 12.1 Å². The third-order valence-electron chi connectivity index (χ3n) is 12.0. The van der Waals surface area contributed by atoms with Crippen molar-refractivity contribution in [1.29, 1.82) is 0 Å². The smallest absolute Gasteiger partial charge is 0.315 e. The highest BCUT2D eigenvalue weighted by molar-refractivity contribution is 8.00. The highest BCUT2D eigenvalue weighted by Crippen LogP contribution is 2.34. The van der Waals surface area contributed by atoms with E-state index in [2.05, 4.69) is 57.5 Å². The summed E-state index contributed by atoms with van der Waals surface area (Å²) in [7, 11) is 1.93. The van der Waals surface area contributed by atoms with E-state index >= 15 is 0 Å². The maximum atomic E-state index is 13.1. The number of benzene rings is 3. The number of unbranched alkanes of at least 4 members (excludes halogenated alkanes) is 1. The number of ether oxygens (including phenoxy) is 3. The number of hydrogen-bond donors (Lipinski definition) is 9. The number of thioether (sulfide) groups is 1. The molecule has 2 saturated heterocycles. The van der Waals surface area contributed by atoms with Gasteiger partial charge in [-0.1, -0.05) is 48.4 Å². The average Bonchev–Trinajstić information content (AvgIpc) is 4.11. The van der Waals surface area contributed by atoms with Gasteiger partial charge in [0.1, 0.15) is 0 Å². The number of likely N-dealkylation sites (N-methyl/N-ethyl adjacent to an activating group) is 1. The minimum absolute atomic E-state index is 0.0174. The highest BCUT2D eigenvalue weighted by atomic mass is 35.5. The normalized spacial score (nSPS) is 15.9. The molecule has 5 aromatic rings. The summed E-state index contributed by atoms with van der Waals surface area (Å²) in [6.07, 6.45) is 10.6. The van der Waals surface area contributed by atoms with Crippen molar-refractivity contribution in [2.75, 3.05) is 101 Å². The van der Waals surface area contributed by atoms with Crippen molar-refractivity contribution in [3.05, 3.63) is 108 Å². The summed E-state index contributed by atoms with van der Waals surface area (Å²) in [5.41, 5.74) is 4.59. The highest BCUT2D eigenvalue weighted by Gasteiger charge is 2.42. The molecule has 2 fully saturated rings. The Bertz CT molecular complexity index is 2680. The second-order valence-corrected chi connectivity index (χ2v) is 19.3. The molecule has 2 aliphatic heterocycles. The standard InChI is InChI=1S/C52H65ClN12O8S/c1-65(24-8-20-55-51(69)56-22-26-72-28-30-73-29-27-71-25-21-54-45(66)14-5-4-13-44-48-43(34-74-44)62-52(70)64-48)23-7-15-46(67)59-36-18-16-35(17-19-36)49(68)60-37-9-6-10-38(31-37)61-50-58-33-41(53)47(63-50)40-32-57-42-12-3-2-11-39(40)42/h2-3,6-7,9-12,15-19,31-33,43-44,48,57H,4-5,8,13-14,20-30,34H2,1H3,(H,54,66)(H,59,67)(H,60,68)(H2,55,56,69)(H,58,61,63)(H2,62,64,70)/b15-7+. The molecule has 2 aliphatic rings. The van der Waals surface area contributed by atoms with Crippen molar-refractivity contribution in [3.63, 3.8) is 0 Å².